The van der Waals surface area contributed by atoms with Gasteiger partial charge in [0.2, 0.25) is 5.91 Å². The molecule has 0 fully saturated rings. The summed E-state index contributed by atoms with van der Waals surface area (Å²) >= 11 is 0. The van der Waals surface area contributed by atoms with Crippen LogP contribution in [-0.2, 0) is 11.2 Å². The van der Waals surface area contributed by atoms with Crippen molar-refractivity contribution in [2.45, 2.75) is 64.0 Å². The molecule has 2 aromatic rings. The number of halogens is 1. The first-order valence-corrected chi connectivity index (χ1v) is 11.4. The molecule has 0 bridgehead atoms. The van der Waals surface area contributed by atoms with Crippen molar-refractivity contribution in [2.75, 3.05) is 0 Å². The highest BCUT2D eigenvalue weighted by molar-refractivity contribution is 6.90. The Balaban J connectivity index is 2.40. The van der Waals surface area contributed by atoms with E-state index in [0.29, 0.717) is 6.42 Å². The van der Waals surface area contributed by atoms with Crippen LogP contribution >= 0.6 is 0 Å². The van der Waals surface area contributed by atoms with Gasteiger partial charge in [0.15, 0.2) is 0 Å². The molecule has 0 aliphatic heterocycles. The monoisotopic (exact) mass is 385 g/mol. The first-order chi connectivity index (χ1) is 12.4. The molecule has 2 nitrogen and oxygen atoms in total. The highest BCUT2D eigenvalue weighted by atomic mass is 28.4. The molecular weight excluding hydrogens is 353 g/mol. The second-order valence-electron chi connectivity index (χ2n) is 9.43. The Hall–Kier alpha value is -1.94. The van der Waals surface area contributed by atoms with Crippen molar-refractivity contribution in [3.05, 3.63) is 65.7 Å². The molecule has 0 heterocycles. The number of rotatable bonds is 5. The van der Waals surface area contributed by atoms with E-state index >= 15 is 4.11 Å². The highest BCUT2D eigenvalue weighted by Crippen LogP contribution is 2.51. The maximum absolute atomic E-state index is 16.4. The molecule has 0 aliphatic carbocycles. The van der Waals surface area contributed by atoms with Crippen LogP contribution in [0.3, 0.4) is 0 Å². The summed E-state index contributed by atoms with van der Waals surface area (Å²) < 4.78 is 16.4. The lowest BCUT2D eigenvalue weighted by molar-refractivity contribution is -0.119. The molecule has 0 spiro atoms. The van der Waals surface area contributed by atoms with E-state index in [4.69, 9.17) is 5.73 Å². The SMILES string of the molecule is CC(C)(C)[Si](F)(c1ccc(C(Cc2ccccc2)C(N)=O)cc1)C(C)(C)C. The first kappa shape index (κ1) is 21.4. The minimum atomic E-state index is -3.30. The number of carbonyl (C=O) groups excluding carboxylic acids is 1. The van der Waals surface area contributed by atoms with Gasteiger partial charge < -0.3 is 9.84 Å². The highest BCUT2D eigenvalue weighted by Gasteiger charge is 2.56. The molecule has 1 unspecified atom stereocenters. The first-order valence-electron chi connectivity index (χ1n) is 9.50. The Bertz CT molecular complexity index is 759. The predicted molar refractivity (Wildman–Crippen MR) is 114 cm³/mol. The molecule has 2 N–H and O–H groups in total. The van der Waals surface area contributed by atoms with Crippen LogP contribution in [-0.4, -0.2) is 14.3 Å². The topological polar surface area (TPSA) is 43.1 Å². The van der Waals surface area contributed by atoms with Crippen LogP contribution in [0.25, 0.3) is 0 Å². The zero-order valence-electron chi connectivity index (χ0n) is 17.3. The molecule has 1 amide bonds. The number of primary amides is 1. The zero-order valence-corrected chi connectivity index (χ0v) is 18.3. The lowest BCUT2D eigenvalue weighted by Crippen LogP contribution is -2.57. The van der Waals surface area contributed by atoms with Gasteiger partial charge in [0.05, 0.1) is 5.92 Å². The molecule has 2 rings (SSSR count). The van der Waals surface area contributed by atoms with E-state index in [0.717, 1.165) is 16.3 Å². The van der Waals surface area contributed by atoms with Gasteiger partial charge in [0, 0.05) is 0 Å². The van der Waals surface area contributed by atoms with E-state index in [-0.39, 0.29) is 5.91 Å². The fraction of sp³-hybridized carbons (Fsp3) is 0.435. The van der Waals surface area contributed by atoms with Crippen LogP contribution in [0.1, 0.15) is 58.6 Å². The van der Waals surface area contributed by atoms with Crippen LogP contribution < -0.4 is 10.9 Å². The fourth-order valence-electron chi connectivity index (χ4n) is 4.17. The summed E-state index contributed by atoms with van der Waals surface area (Å²) in [5.74, 6) is -0.775. The van der Waals surface area contributed by atoms with Crippen molar-refractivity contribution in [1.29, 1.82) is 0 Å². The number of benzene rings is 2. The Labute approximate surface area is 164 Å². The largest absolute Gasteiger partial charge is 0.369 e. The molecule has 0 saturated carbocycles. The molecule has 0 saturated heterocycles. The summed E-state index contributed by atoms with van der Waals surface area (Å²) in [6.07, 6.45) is 0.548. The van der Waals surface area contributed by atoms with Gasteiger partial charge in [-0.1, -0.05) is 96.1 Å². The van der Waals surface area contributed by atoms with Crippen LogP contribution in [0.4, 0.5) is 4.11 Å². The third-order valence-electron chi connectivity index (χ3n) is 5.40. The van der Waals surface area contributed by atoms with Gasteiger partial charge in [-0.25, -0.2) is 0 Å². The second-order valence-corrected chi connectivity index (χ2v) is 14.3. The number of hydrogen-bond donors (Lipinski definition) is 1. The lowest BCUT2D eigenvalue weighted by atomic mass is 9.91. The average molecular weight is 386 g/mol. The van der Waals surface area contributed by atoms with Crippen molar-refractivity contribution in [3.63, 3.8) is 0 Å². The molecule has 146 valence electrons. The van der Waals surface area contributed by atoms with Gasteiger partial charge >= 0.3 is 0 Å². The lowest BCUT2D eigenvalue weighted by Gasteiger charge is -2.45. The Morgan fingerprint density at radius 2 is 1.41 bits per heavy atom. The van der Waals surface area contributed by atoms with Crippen molar-refractivity contribution in [2.24, 2.45) is 5.73 Å². The molecule has 0 aromatic heterocycles. The van der Waals surface area contributed by atoms with E-state index < -0.39 is 24.4 Å². The van der Waals surface area contributed by atoms with E-state index in [1.165, 1.54) is 0 Å². The smallest absolute Gasteiger partial charge is 0.288 e. The summed E-state index contributed by atoms with van der Waals surface area (Å²) in [7, 11) is -3.30. The van der Waals surface area contributed by atoms with Crippen molar-refractivity contribution in [1.82, 2.24) is 0 Å². The summed E-state index contributed by atoms with van der Waals surface area (Å²) in [6.45, 7) is 11.9. The van der Waals surface area contributed by atoms with Crippen LogP contribution in [0.2, 0.25) is 10.1 Å². The summed E-state index contributed by atoms with van der Waals surface area (Å²) in [5, 5.41) is -0.0889. The molecule has 0 aliphatic rings. The third kappa shape index (κ3) is 4.32. The van der Waals surface area contributed by atoms with Crippen LogP contribution in [0, 0.1) is 0 Å². The zero-order chi connectivity index (χ0) is 20.5. The molecule has 0 radical (unpaired) electrons. The van der Waals surface area contributed by atoms with Crippen molar-refractivity contribution in [3.8, 4) is 0 Å². The second kappa shape index (κ2) is 7.59. The summed E-state index contributed by atoms with van der Waals surface area (Å²) in [5.41, 5.74) is 7.58. The van der Waals surface area contributed by atoms with Gasteiger partial charge in [-0.2, -0.15) is 0 Å². The van der Waals surface area contributed by atoms with Gasteiger partial charge in [-0.05, 0) is 32.8 Å². The quantitative estimate of drug-likeness (QED) is 0.556. The normalized spacial score (nSPS) is 14.0. The Morgan fingerprint density at radius 3 is 1.81 bits per heavy atom. The molecule has 4 heteroatoms. The standard InChI is InChI=1S/C23H32FNOSi/c1-22(2,3)27(24,23(4,5)6)19-14-12-18(13-15-19)20(21(25)26)16-17-10-8-7-9-11-17/h7-15,20H,16H2,1-6H3,(H2,25,26). The van der Waals surface area contributed by atoms with Crippen molar-refractivity contribution < 1.29 is 8.90 Å². The van der Waals surface area contributed by atoms with E-state index in [2.05, 4.69) is 0 Å². The maximum Gasteiger partial charge on any atom is 0.288 e. The maximum atomic E-state index is 16.4. The molecule has 1 atom stereocenters. The summed E-state index contributed by atoms with van der Waals surface area (Å²) in [4.78, 5) is 12.1. The molecule has 27 heavy (non-hydrogen) atoms. The van der Waals surface area contributed by atoms with E-state index in [1.54, 1.807) is 0 Å². The van der Waals surface area contributed by atoms with Gasteiger partial charge in [0.1, 0.15) is 0 Å². The van der Waals surface area contributed by atoms with Crippen LogP contribution in [0.15, 0.2) is 54.6 Å². The minimum Gasteiger partial charge on any atom is -0.369 e. The molecular formula is C23H32FNOSi. The van der Waals surface area contributed by atoms with Gasteiger partial charge in [-0.3, -0.25) is 4.79 Å². The molecule has 2 aromatic carbocycles. The number of hydrogen-bond acceptors (Lipinski definition) is 1. The van der Waals surface area contributed by atoms with Crippen molar-refractivity contribution >= 4 is 19.5 Å². The Morgan fingerprint density at radius 1 is 0.926 bits per heavy atom. The van der Waals surface area contributed by atoms with E-state index in [1.807, 2.05) is 96.1 Å². The predicted octanol–water partition coefficient (Wildman–Crippen LogP) is 5.22. The summed E-state index contributed by atoms with van der Waals surface area (Å²) in [6, 6.07) is 17.3. The minimum absolute atomic E-state index is 0.359. The number of amides is 1. The number of carbonyl (C=O) groups is 1. The van der Waals surface area contributed by atoms with Crippen LogP contribution in [0.5, 0.6) is 0 Å². The fourth-order valence-corrected chi connectivity index (χ4v) is 8.78. The Kier molecular flexibility index (Phi) is 6.00. The van der Waals surface area contributed by atoms with Gasteiger partial charge in [-0.15, -0.1) is 0 Å². The third-order valence-corrected chi connectivity index (χ3v) is 10.7. The van der Waals surface area contributed by atoms with E-state index in [9.17, 15) is 4.79 Å². The number of nitrogens with two attached hydrogens (primary N) is 1. The average Bonchev–Trinajstić information content (AvgIpc) is 2.58. The van der Waals surface area contributed by atoms with Gasteiger partial charge in [0.25, 0.3) is 8.41 Å².